The van der Waals surface area contributed by atoms with Crippen molar-refractivity contribution in [1.29, 1.82) is 0 Å². The third kappa shape index (κ3) is 3.22. The van der Waals surface area contributed by atoms with Crippen LogP contribution in [0.25, 0.3) is 0 Å². The predicted molar refractivity (Wildman–Crippen MR) is 64.4 cm³/mol. The van der Waals surface area contributed by atoms with Crippen LogP contribution in [0.5, 0.6) is 0 Å². The summed E-state index contributed by atoms with van der Waals surface area (Å²) in [4.78, 5) is 11.7. The molecule has 0 saturated carbocycles. The van der Waals surface area contributed by atoms with Crippen LogP contribution in [0.3, 0.4) is 0 Å². The van der Waals surface area contributed by atoms with Crippen LogP contribution in [0.1, 0.15) is 16.7 Å². The summed E-state index contributed by atoms with van der Waals surface area (Å²) in [5, 5.41) is 8.64. The minimum absolute atomic E-state index is 0.0666. The molecular weight excluding hydrogens is 275 g/mol. The van der Waals surface area contributed by atoms with Crippen LogP contribution in [-0.2, 0) is 17.5 Å². The molecule has 1 aromatic carbocycles. The van der Waals surface area contributed by atoms with Gasteiger partial charge < -0.3 is 14.7 Å². The van der Waals surface area contributed by atoms with Gasteiger partial charge in [0.05, 0.1) is 31.4 Å². The molecule has 0 bridgehead atoms. The summed E-state index contributed by atoms with van der Waals surface area (Å²) >= 11 is 0. The van der Waals surface area contributed by atoms with Crippen LogP contribution in [0.15, 0.2) is 18.2 Å². The number of carboxylic acid groups (broad SMARTS) is 1. The number of carbonyl (C=O) groups is 1. The Morgan fingerprint density at radius 1 is 1.45 bits per heavy atom. The van der Waals surface area contributed by atoms with E-state index in [2.05, 4.69) is 0 Å². The molecule has 7 heteroatoms. The van der Waals surface area contributed by atoms with Gasteiger partial charge in [0.15, 0.2) is 0 Å². The Morgan fingerprint density at radius 3 is 2.65 bits per heavy atom. The van der Waals surface area contributed by atoms with Gasteiger partial charge in [0, 0.05) is 0 Å². The Bertz CT molecular complexity index is 510. The van der Waals surface area contributed by atoms with Gasteiger partial charge in [-0.15, -0.1) is 0 Å². The summed E-state index contributed by atoms with van der Waals surface area (Å²) in [7, 11) is 0. The molecule has 0 aromatic heterocycles. The first-order chi connectivity index (χ1) is 9.27. The van der Waals surface area contributed by atoms with E-state index in [1.807, 2.05) is 0 Å². The van der Waals surface area contributed by atoms with Crippen molar-refractivity contribution in [2.75, 3.05) is 13.1 Å². The van der Waals surface area contributed by atoms with E-state index < -0.39 is 17.8 Å². The highest BCUT2D eigenvalue weighted by Gasteiger charge is 2.35. The first-order valence-corrected chi connectivity index (χ1v) is 6.03. The van der Waals surface area contributed by atoms with Crippen LogP contribution >= 0.6 is 0 Å². The molecule has 0 unspecified atom stereocenters. The van der Waals surface area contributed by atoms with Crippen molar-refractivity contribution in [1.82, 2.24) is 4.90 Å². The maximum atomic E-state index is 12.9. The third-order valence-electron chi connectivity index (χ3n) is 3.16. The highest BCUT2D eigenvalue weighted by Crippen LogP contribution is 2.33. The van der Waals surface area contributed by atoms with Crippen molar-refractivity contribution in [2.45, 2.75) is 25.8 Å². The minimum Gasteiger partial charge on any atom is -0.465 e. The molecule has 1 aromatic rings. The van der Waals surface area contributed by atoms with Crippen LogP contribution in [-0.4, -0.2) is 35.3 Å². The topological polar surface area (TPSA) is 49.8 Å². The number of hydrogen-bond acceptors (Lipinski definition) is 2. The molecule has 110 valence electrons. The maximum absolute atomic E-state index is 12.9. The molecular formula is C13H14F3NO3. The number of amides is 1. The molecule has 1 aliphatic rings. The van der Waals surface area contributed by atoms with Gasteiger partial charge in [0.2, 0.25) is 0 Å². The standard InChI is InChI=1S/C13H14F3NO3/c1-8-2-3-9(11(4-8)13(14,15)16)7-20-10-5-17(6-10)12(18)19/h2-4,10H,5-7H2,1H3,(H,18,19). The summed E-state index contributed by atoms with van der Waals surface area (Å²) in [5.41, 5.74) is -0.106. The van der Waals surface area contributed by atoms with Crippen molar-refractivity contribution in [3.8, 4) is 0 Å². The van der Waals surface area contributed by atoms with E-state index in [0.717, 1.165) is 11.0 Å². The maximum Gasteiger partial charge on any atom is 0.416 e. The zero-order chi connectivity index (χ0) is 14.9. The number of likely N-dealkylation sites (tertiary alicyclic amines) is 1. The molecule has 2 rings (SSSR count). The first kappa shape index (κ1) is 14.6. The molecule has 1 N–H and O–H groups in total. The second-order valence-corrected chi connectivity index (χ2v) is 4.78. The summed E-state index contributed by atoms with van der Waals surface area (Å²) in [6, 6.07) is 4.08. The largest absolute Gasteiger partial charge is 0.465 e. The van der Waals surface area contributed by atoms with E-state index in [9.17, 15) is 18.0 Å². The highest BCUT2D eigenvalue weighted by atomic mass is 19.4. The lowest BCUT2D eigenvalue weighted by Gasteiger charge is -2.36. The van der Waals surface area contributed by atoms with Gasteiger partial charge in [-0.2, -0.15) is 13.2 Å². The van der Waals surface area contributed by atoms with E-state index in [1.54, 1.807) is 13.0 Å². The Labute approximate surface area is 113 Å². The Kier molecular flexibility index (Phi) is 3.89. The van der Waals surface area contributed by atoms with Gasteiger partial charge in [0.1, 0.15) is 0 Å². The van der Waals surface area contributed by atoms with Gasteiger partial charge in [-0.05, 0) is 18.6 Å². The molecule has 0 radical (unpaired) electrons. The van der Waals surface area contributed by atoms with Crippen LogP contribution in [0, 0.1) is 6.92 Å². The Morgan fingerprint density at radius 2 is 2.10 bits per heavy atom. The third-order valence-corrected chi connectivity index (χ3v) is 3.16. The number of halogens is 3. The number of alkyl halides is 3. The summed E-state index contributed by atoms with van der Waals surface area (Å²) in [5.74, 6) is 0. The molecule has 0 atom stereocenters. The van der Waals surface area contributed by atoms with E-state index in [4.69, 9.17) is 9.84 Å². The highest BCUT2D eigenvalue weighted by molar-refractivity contribution is 5.66. The lowest BCUT2D eigenvalue weighted by molar-refractivity contribution is -0.139. The normalized spacial score (nSPS) is 16.1. The van der Waals surface area contributed by atoms with Gasteiger partial charge in [0.25, 0.3) is 0 Å². The van der Waals surface area contributed by atoms with Crippen LogP contribution in [0.2, 0.25) is 0 Å². The number of benzene rings is 1. The zero-order valence-electron chi connectivity index (χ0n) is 10.8. The van der Waals surface area contributed by atoms with E-state index >= 15 is 0 Å². The molecule has 4 nitrogen and oxygen atoms in total. The van der Waals surface area contributed by atoms with Gasteiger partial charge in [-0.25, -0.2) is 4.79 Å². The molecule has 20 heavy (non-hydrogen) atoms. The van der Waals surface area contributed by atoms with Crippen molar-refractivity contribution >= 4 is 6.09 Å². The quantitative estimate of drug-likeness (QED) is 0.930. The molecule has 1 heterocycles. The van der Waals surface area contributed by atoms with Gasteiger partial charge in [-0.3, -0.25) is 0 Å². The number of aryl methyl sites for hydroxylation is 1. The number of nitrogens with zero attached hydrogens (tertiary/aromatic N) is 1. The SMILES string of the molecule is Cc1ccc(COC2CN(C(=O)O)C2)c(C(F)(F)F)c1. The Hall–Kier alpha value is -1.76. The minimum atomic E-state index is -4.42. The Balaban J connectivity index is 1.99. The van der Waals surface area contributed by atoms with Crippen molar-refractivity contribution in [3.63, 3.8) is 0 Å². The average molecular weight is 289 g/mol. The fourth-order valence-corrected chi connectivity index (χ4v) is 1.99. The second-order valence-electron chi connectivity index (χ2n) is 4.78. The molecule has 0 aliphatic carbocycles. The molecule has 0 spiro atoms. The van der Waals surface area contributed by atoms with Crippen molar-refractivity contribution in [3.05, 3.63) is 34.9 Å². The first-order valence-electron chi connectivity index (χ1n) is 6.03. The monoisotopic (exact) mass is 289 g/mol. The van der Waals surface area contributed by atoms with Crippen molar-refractivity contribution < 1.29 is 27.8 Å². The fourth-order valence-electron chi connectivity index (χ4n) is 1.99. The molecule has 1 saturated heterocycles. The van der Waals surface area contributed by atoms with Crippen molar-refractivity contribution in [2.24, 2.45) is 0 Å². The van der Waals surface area contributed by atoms with E-state index in [-0.39, 0.29) is 31.4 Å². The smallest absolute Gasteiger partial charge is 0.416 e. The number of hydrogen-bond donors (Lipinski definition) is 1. The lowest BCUT2D eigenvalue weighted by Crippen LogP contribution is -2.54. The predicted octanol–water partition coefficient (Wildman–Crippen LogP) is 2.89. The summed E-state index contributed by atoms with van der Waals surface area (Å²) < 4.78 is 43.9. The molecule has 1 aliphatic heterocycles. The summed E-state index contributed by atoms with van der Waals surface area (Å²) in [6.07, 6.45) is -5.80. The summed E-state index contributed by atoms with van der Waals surface area (Å²) in [6.45, 7) is 1.81. The fraction of sp³-hybridized carbons (Fsp3) is 0.462. The molecule has 1 fully saturated rings. The van der Waals surface area contributed by atoms with E-state index in [1.165, 1.54) is 6.07 Å². The molecule has 1 amide bonds. The lowest BCUT2D eigenvalue weighted by atomic mass is 10.0. The number of rotatable bonds is 3. The second kappa shape index (κ2) is 5.32. The van der Waals surface area contributed by atoms with Gasteiger partial charge >= 0.3 is 12.3 Å². The van der Waals surface area contributed by atoms with Crippen LogP contribution in [0.4, 0.5) is 18.0 Å². The number of ether oxygens (including phenoxy) is 1. The average Bonchev–Trinajstić information content (AvgIpc) is 2.26. The van der Waals surface area contributed by atoms with E-state index in [0.29, 0.717) is 5.56 Å². The van der Waals surface area contributed by atoms with Crippen LogP contribution < -0.4 is 0 Å². The van der Waals surface area contributed by atoms with Gasteiger partial charge in [-0.1, -0.05) is 17.7 Å². The zero-order valence-corrected chi connectivity index (χ0v) is 10.8.